The van der Waals surface area contributed by atoms with Crippen molar-refractivity contribution in [2.45, 2.75) is 428 Å². The van der Waals surface area contributed by atoms with E-state index in [1.165, 1.54) is 110 Å². The van der Waals surface area contributed by atoms with Gasteiger partial charge in [-0.25, -0.2) is 0 Å². The monoisotopic (exact) mass is 2130 g/mol. The molecule has 27 unspecified atom stereocenters. The summed E-state index contributed by atoms with van der Waals surface area (Å²) in [6.45, 7) is 0.826. The van der Waals surface area contributed by atoms with Crippen LogP contribution in [0.1, 0.15) is 201 Å². The van der Waals surface area contributed by atoms with Crippen LogP contribution in [0.4, 0.5) is 0 Å². The van der Waals surface area contributed by atoms with Gasteiger partial charge >= 0.3 is 0 Å². The van der Waals surface area contributed by atoms with Gasteiger partial charge in [-0.3, -0.25) is 4.79 Å². The summed E-state index contributed by atoms with van der Waals surface area (Å²) >= 11 is 0. The smallest absolute Gasteiger partial charge is 0.220 e. The molecule has 0 aromatic carbocycles. The minimum Gasteiger partial charge on any atom is -0.670 e. The maximum Gasteiger partial charge on any atom is 0.220 e. The van der Waals surface area contributed by atoms with Gasteiger partial charge in [0.2, 0.25) is 5.91 Å². The first kappa shape index (κ1) is 109. The molecule has 7 fully saturated rings. The number of unbranched alkanes of at least 4 members (excludes halogenated alkanes) is 23. The van der Waals surface area contributed by atoms with Gasteiger partial charge < -0.3 is 180 Å². The average molecular weight is 2130 g/mol. The standard InChI is InChI=1S/C79H143N3O34.2Ac/c1-5-7-9-11-13-15-17-19-21-23-25-27-29-31-45(88)44(82-53(89)32-30-28-26-24-22-20-18-16-14-12-10-8-6-2)40-105-76-67(101)72(60(94)48(36-84)109-76)104-41-52-54(80)62(96)69(50(38-86)108-52)113-78-68(102)73(61(95)49(37-85)110-78)115-75-55(81)71(103-34-33-46-58(92)63(97)56(90)42(3)106-46)70(51(39-87)112-75)114-79-74(65(99)59(93)47(35-83)111-79)116-77-66(100)64(98)57(91)43(4)107-77;;/h29,31,42-52,54-81,83-88,90-102H,5-28,30,32-41H2,1-4H3,(H,82,89);;/q-2;;/b31-29+;;/t42?,43?,44?,45?,46-,47?,48?,49?,50?,51?,52?,54?,55?,56+,57+,58?,59-,60-,61-,62?,63?,64?,65?,66?,67?,68?,69?,70+,71?,72?,73?,74?,75-,76?,77-,78?,79-;;/m0../s1. The van der Waals surface area contributed by atoms with Crippen molar-refractivity contribution in [2.75, 3.05) is 52.9 Å². The van der Waals surface area contributed by atoms with Crippen molar-refractivity contribution in [3.8, 4) is 0 Å². The average Bonchev–Trinajstić information content (AvgIpc) is 0.766. The Morgan fingerprint density at radius 3 is 1.36 bits per heavy atom. The molecule has 0 aliphatic carbocycles. The molecule has 7 rings (SSSR count). The molecular formula is C79H143Ac2N3O34-2. The molecule has 7 aliphatic rings. The summed E-state index contributed by atoms with van der Waals surface area (Å²) in [5.41, 5.74) is 18.8. The molecule has 0 saturated carbocycles. The van der Waals surface area contributed by atoms with Crippen LogP contribution in [0, 0.1) is 88.1 Å². The fourth-order valence-electron chi connectivity index (χ4n) is 16.0. The second kappa shape index (κ2) is 57.7. The molecule has 22 N–H and O–H groups in total. The summed E-state index contributed by atoms with van der Waals surface area (Å²) in [6.07, 6.45) is -27.1. The van der Waals surface area contributed by atoms with Crippen molar-refractivity contribution >= 4 is 5.91 Å². The third kappa shape index (κ3) is 32.1. The van der Waals surface area contributed by atoms with Crippen LogP contribution in [0.5, 0.6) is 0 Å². The molecule has 2 radical (unpaired) electrons. The second-order valence-corrected chi connectivity index (χ2v) is 32.4. The number of amides is 1. The van der Waals surface area contributed by atoms with Crippen LogP contribution in [0.25, 0.3) is 11.5 Å². The Balaban J connectivity index is 0.0000124. The molecule has 7 saturated heterocycles. The molecule has 37 atom stereocenters. The summed E-state index contributed by atoms with van der Waals surface area (Å²) in [6, 6.07) is -4.76. The van der Waals surface area contributed by atoms with Gasteiger partial charge in [-0.2, -0.15) is 0 Å². The van der Waals surface area contributed by atoms with Crippen molar-refractivity contribution in [2.24, 2.45) is 0 Å². The van der Waals surface area contributed by atoms with Gasteiger partial charge in [0.25, 0.3) is 0 Å². The maximum atomic E-state index is 13.5. The van der Waals surface area contributed by atoms with E-state index in [-0.39, 0.29) is 107 Å². The van der Waals surface area contributed by atoms with Gasteiger partial charge in [0.1, 0.15) is 141 Å². The van der Waals surface area contributed by atoms with Crippen LogP contribution in [0.15, 0.2) is 12.2 Å². The molecule has 37 nitrogen and oxygen atoms in total. The van der Waals surface area contributed by atoms with Gasteiger partial charge in [0.05, 0.1) is 95.0 Å². The zero-order chi connectivity index (χ0) is 84.7. The van der Waals surface area contributed by atoms with Crippen LogP contribution in [-0.4, -0.2) is 382 Å². The van der Waals surface area contributed by atoms with Gasteiger partial charge in [0.15, 0.2) is 25.2 Å². The number of rotatable bonds is 52. The number of hydrogen-bond acceptors (Lipinski definition) is 34. The van der Waals surface area contributed by atoms with Gasteiger partial charge in [-0.05, 0) is 39.5 Å². The number of carbonyl (C=O) groups excluding carboxylic acids is 1. The van der Waals surface area contributed by atoms with Crippen LogP contribution in [0.2, 0.25) is 0 Å². The minimum atomic E-state index is -2.21. The fraction of sp³-hybridized carbons (Fsp3) is 0.962. The summed E-state index contributed by atoms with van der Waals surface area (Å²) in [7, 11) is 0. The Hall–Kier alpha value is 0.693. The molecule has 1 amide bonds. The zero-order valence-corrected chi connectivity index (χ0v) is 78.5. The van der Waals surface area contributed by atoms with E-state index in [4.69, 9.17) is 72.0 Å². The Morgan fingerprint density at radius 1 is 0.373 bits per heavy atom. The largest absolute Gasteiger partial charge is 0.670 e. The first-order valence-corrected chi connectivity index (χ1v) is 42.7. The predicted molar refractivity (Wildman–Crippen MR) is 410 cm³/mol. The van der Waals surface area contributed by atoms with Gasteiger partial charge in [-0.15, -0.1) is 0 Å². The predicted octanol–water partition coefficient (Wildman–Crippen LogP) is -1.02. The summed E-state index contributed by atoms with van der Waals surface area (Å²) in [4.78, 5) is 13.5. The van der Waals surface area contributed by atoms with E-state index >= 15 is 0 Å². The van der Waals surface area contributed by atoms with Crippen molar-refractivity contribution in [1.29, 1.82) is 0 Å². The second-order valence-electron chi connectivity index (χ2n) is 32.4. The number of aliphatic hydroxyl groups is 19. The van der Waals surface area contributed by atoms with Crippen molar-refractivity contribution in [1.82, 2.24) is 5.32 Å². The summed E-state index contributed by atoms with van der Waals surface area (Å²) < 4.78 is 83.9. The molecule has 7 aliphatic heterocycles. The van der Waals surface area contributed by atoms with E-state index in [1.807, 2.05) is 6.08 Å². The topological polar surface area (TPSA) is 590 Å². The van der Waals surface area contributed by atoms with E-state index in [0.717, 1.165) is 51.4 Å². The van der Waals surface area contributed by atoms with Gasteiger partial charge in [0, 0.05) is 101 Å². The Morgan fingerprint density at radius 2 is 0.805 bits per heavy atom. The molecule has 39 heteroatoms. The van der Waals surface area contributed by atoms with E-state index in [9.17, 15) is 108 Å². The number of carbonyl (C=O) groups is 1. The normalized spacial score (nSPS) is 39.8. The molecule has 118 heavy (non-hydrogen) atoms. The SMILES string of the molecule is CCCCCCCCCCCCC/C=C/C(O)C(COC1OC(CO)[C@H](O)C(OCC2OC(CO)C(OC3OC(CO)[C@H](O)C(O[C@@H]4OC(CO)[C@@H](O[C@@H]5OC(CO)[C@H](O)C(O)C5O[C@@H]5OC(C)[C@@H](O)C(O)C5O)C(OCC[C@@H]5OC(C)[C@@H](O)C(O)C5O)C4[NH-])C3O)C(O)C2[NH-])C1O)NC(=O)CCCCCCCCCCCCCCC.[Ac].[Ac]. The number of nitrogens with one attached hydrogen (secondary N) is 3. The van der Waals surface area contributed by atoms with Crippen LogP contribution in [-0.2, 0) is 71.1 Å². The van der Waals surface area contributed by atoms with Crippen molar-refractivity contribution in [3.05, 3.63) is 23.6 Å². The molecule has 686 valence electrons. The van der Waals surface area contributed by atoms with Crippen LogP contribution in [0.3, 0.4) is 0 Å². The number of ether oxygens (including phenoxy) is 14. The van der Waals surface area contributed by atoms with Gasteiger partial charge in [-0.1, -0.05) is 179 Å². The molecule has 0 spiro atoms. The number of hydrogen-bond donors (Lipinski definition) is 20. The third-order valence-electron chi connectivity index (χ3n) is 23.4. The molecular weight excluding hydrogens is 1990 g/mol. The quantitative estimate of drug-likeness (QED) is 0.0256. The molecule has 0 aromatic heterocycles. The van der Waals surface area contributed by atoms with Crippen molar-refractivity contribution < 1.29 is 256 Å². The van der Waals surface area contributed by atoms with E-state index in [0.29, 0.717) is 12.8 Å². The van der Waals surface area contributed by atoms with E-state index in [1.54, 1.807) is 6.08 Å². The molecule has 7 heterocycles. The Bertz CT molecular complexity index is 2680. The minimum absolute atomic E-state index is 0. The summed E-state index contributed by atoms with van der Waals surface area (Å²) in [5, 5.41) is 213. The Labute approximate surface area is 765 Å². The van der Waals surface area contributed by atoms with E-state index < -0.39 is 279 Å². The third-order valence-corrected chi connectivity index (χ3v) is 23.4. The molecule has 0 aromatic rings. The summed E-state index contributed by atoms with van der Waals surface area (Å²) in [5.74, 6) is -0.326. The Kier molecular flexibility index (Phi) is 53.4. The fourth-order valence-corrected chi connectivity index (χ4v) is 16.0. The molecule has 0 bridgehead atoms. The zero-order valence-electron chi connectivity index (χ0n) is 69.0. The first-order valence-electron chi connectivity index (χ1n) is 42.7. The van der Waals surface area contributed by atoms with Crippen LogP contribution < -0.4 is 5.32 Å². The number of aliphatic hydroxyl groups excluding tert-OH is 19. The van der Waals surface area contributed by atoms with Crippen LogP contribution >= 0.6 is 0 Å². The first-order chi connectivity index (χ1) is 55.7. The van der Waals surface area contributed by atoms with E-state index in [2.05, 4.69) is 19.2 Å². The number of allylic oxidation sites excluding steroid dienone is 1. The van der Waals surface area contributed by atoms with Crippen molar-refractivity contribution in [3.63, 3.8) is 0 Å². The maximum absolute atomic E-state index is 13.5.